The predicted octanol–water partition coefficient (Wildman–Crippen LogP) is 2.50. The van der Waals surface area contributed by atoms with E-state index in [4.69, 9.17) is 16.3 Å². The molecule has 1 aromatic carbocycles. The summed E-state index contributed by atoms with van der Waals surface area (Å²) in [6, 6.07) is 4.33. The van der Waals surface area contributed by atoms with Gasteiger partial charge in [-0.05, 0) is 18.6 Å². The average molecular weight is 299 g/mol. The van der Waals surface area contributed by atoms with Crippen molar-refractivity contribution >= 4 is 23.2 Å². The molecular weight excluding hydrogens is 284 g/mol. The van der Waals surface area contributed by atoms with Crippen LogP contribution >= 0.6 is 11.6 Å². The van der Waals surface area contributed by atoms with E-state index in [1.165, 1.54) is 12.1 Å². The third kappa shape index (κ3) is 2.76. The van der Waals surface area contributed by atoms with E-state index in [-0.39, 0.29) is 28.2 Å². The van der Waals surface area contributed by atoms with Crippen molar-refractivity contribution in [3.63, 3.8) is 0 Å². The summed E-state index contributed by atoms with van der Waals surface area (Å²) >= 11 is 5.84. The standard InChI is InChI=1S/C13H15ClN2O4/c1-2-9-8-20-7-6-15(9)13(17)10-4-3-5-11(14)12(10)16(18)19/h3-5,9H,2,6-8H2,1H3. The Morgan fingerprint density at radius 1 is 1.60 bits per heavy atom. The zero-order valence-corrected chi connectivity index (χ0v) is 11.8. The quantitative estimate of drug-likeness (QED) is 0.635. The molecule has 0 spiro atoms. The first-order chi connectivity index (χ1) is 9.56. The summed E-state index contributed by atoms with van der Waals surface area (Å²) in [6.45, 7) is 3.28. The van der Waals surface area contributed by atoms with Gasteiger partial charge < -0.3 is 9.64 Å². The lowest BCUT2D eigenvalue weighted by molar-refractivity contribution is -0.385. The van der Waals surface area contributed by atoms with Crippen molar-refractivity contribution in [3.8, 4) is 0 Å². The molecule has 1 aliphatic rings. The second-order valence-electron chi connectivity index (χ2n) is 4.53. The van der Waals surface area contributed by atoms with Crippen molar-refractivity contribution in [2.75, 3.05) is 19.8 Å². The van der Waals surface area contributed by atoms with Crippen molar-refractivity contribution in [3.05, 3.63) is 38.9 Å². The van der Waals surface area contributed by atoms with Gasteiger partial charge in [-0.3, -0.25) is 14.9 Å². The largest absolute Gasteiger partial charge is 0.377 e. The number of hydrogen-bond acceptors (Lipinski definition) is 4. The molecule has 6 nitrogen and oxygen atoms in total. The number of nitrogens with zero attached hydrogens (tertiary/aromatic N) is 2. The van der Waals surface area contributed by atoms with Crippen molar-refractivity contribution in [1.82, 2.24) is 4.90 Å². The molecule has 20 heavy (non-hydrogen) atoms. The maximum atomic E-state index is 12.6. The van der Waals surface area contributed by atoms with Gasteiger partial charge in [0.2, 0.25) is 0 Å². The van der Waals surface area contributed by atoms with Crippen LogP contribution in [0, 0.1) is 10.1 Å². The molecular formula is C13H15ClN2O4. The van der Waals surface area contributed by atoms with E-state index in [0.717, 1.165) is 6.42 Å². The third-order valence-electron chi connectivity index (χ3n) is 3.36. The molecule has 1 amide bonds. The van der Waals surface area contributed by atoms with Crippen LogP contribution in [0.2, 0.25) is 5.02 Å². The molecule has 0 aromatic heterocycles. The first-order valence-corrected chi connectivity index (χ1v) is 6.75. The van der Waals surface area contributed by atoms with Gasteiger partial charge >= 0.3 is 5.69 Å². The van der Waals surface area contributed by atoms with Crippen LogP contribution in [0.5, 0.6) is 0 Å². The van der Waals surface area contributed by atoms with Crippen LogP contribution in [0.1, 0.15) is 23.7 Å². The fourth-order valence-electron chi connectivity index (χ4n) is 2.29. The summed E-state index contributed by atoms with van der Waals surface area (Å²) in [5.74, 6) is -0.366. The van der Waals surface area contributed by atoms with Crippen molar-refractivity contribution in [1.29, 1.82) is 0 Å². The lowest BCUT2D eigenvalue weighted by Gasteiger charge is -2.35. The topological polar surface area (TPSA) is 72.7 Å². The van der Waals surface area contributed by atoms with Gasteiger partial charge in [0.25, 0.3) is 5.91 Å². The summed E-state index contributed by atoms with van der Waals surface area (Å²) in [6.07, 6.45) is 0.736. The summed E-state index contributed by atoms with van der Waals surface area (Å²) in [5, 5.41) is 11.1. The maximum absolute atomic E-state index is 12.6. The number of carbonyl (C=O) groups excluding carboxylic acids is 1. The fraction of sp³-hybridized carbons (Fsp3) is 0.462. The van der Waals surface area contributed by atoms with Gasteiger partial charge in [0, 0.05) is 6.54 Å². The average Bonchev–Trinajstić information content (AvgIpc) is 2.45. The van der Waals surface area contributed by atoms with Crippen molar-refractivity contribution in [2.24, 2.45) is 0 Å². The minimum Gasteiger partial charge on any atom is -0.377 e. The minimum atomic E-state index is -0.614. The van der Waals surface area contributed by atoms with Crippen molar-refractivity contribution < 1.29 is 14.5 Å². The number of nitro groups is 1. The molecule has 1 atom stereocenters. The van der Waals surface area contributed by atoms with E-state index >= 15 is 0 Å². The Morgan fingerprint density at radius 3 is 3.00 bits per heavy atom. The monoisotopic (exact) mass is 298 g/mol. The molecule has 1 fully saturated rings. The molecule has 1 aromatic rings. The van der Waals surface area contributed by atoms with Crippen LogP contribution in [0.3, 0.4) is 0 Å². The van der Waals surface area contributed by atoms with Crippen LogP contribution < -0.4 is 0 Å². The van der Waals surface area contributed by atoms with E-state index in [1.807, 2.05) is 6.92 Å². The first-order valence-electron chi connectivity index (χ1n) is 6.37. The maximum Gasteiger partial charge on any atom is 0.300 e. The number of ether oxygens (including phenoxy) is 1. The molecule has 1 aliphatic heterocycles. The van der Waals surface area contributed by atoms with Gasteiger partial charge in [-0.25, -0.2) is 0 Å². The van der Waals surface area contributed by atoms with Crippen LogP contribution in [-0.4, -0.2) is 41.5 Å². The van der Waals surface area contributed by atoms with Crippen LogP contribution in [-0.2, 0) is 4.74 Å². The number of amides is 1. The highest BCUT2D eigenvalue weighted by Crippen LogP contribution is 2.30. The first kappa shape index (κ1) is 14.7. The summed E-state index contributed by atoms with van der Waals surface area (Å²) in [4.78, 5) is 24.7. The van der Waals surface area contributed by atoms with Gasteiger partial charge in [-0.1, -0.05) is 24.6 Å². The zero-order chi connectivity index (χ0) is 14.7. The van der Waals surface area contributed by atoms with Gasteiger partial charge in [-0.15, -0.1) is 0 Å². The lowest BCUT2D eigenvalue weighted by Crippen LogP contribution is -2.48. The number of halogens is 1. The molecule has 1 unspecified atom stereocenters. The summed E-state index contributed by atoms with van der Waals surface area (Å²) < 4.78 is 5.34. The molecule has 2 rings (SSSR count). The molecule has 1 heterocycles. The van der Waals surface area contributed by atoms with Crippen LogP contribution in [0.25, 0.3) is 0 Å². The Morgan fingerprint density at radius 2 is 2.35 bits per heavy atom. The normalized spacial score (nSPS) is 18.9. The van der Waals surface area contributed by atoms with E-state index in [1.54, 1.807) is 11.0 Å². The summed E-state index contributed by atoms with van der Waals surface area (Å²) in [5.41, 5.74) is -0.302. The molecule has 0 saturated carbocycles. The molecule has 7 heteroatoms. The van der Waals surface area contributed by atoms with Crippen LogP contribution in [0.4, 0.5) is 5.69 Å². The molecule has 0 N–H and O–H groups in total. The third-order valence-corrected chi connectivity index (χ3v) is 3.66. The number of carbonyl (C=O) groups is 1. The Bertz CT molecular complexity index is 535. The van der Waals surface area contributed by atoms with E-state index in [0.29, 0.717) is 19.8 Å². The van der Waals surface area contributed by atoms with Gasteiger partial charge in [0.15, 0.2) is 0 Å². The SMILES string of the molecule is CCC1COCCN1C(=O)c1cccc(Cl)c1[N+](=O)[O-]. The van der Waals surface area contributed by atoms with E-state index in [2.05, 4.69) is 0 Å². The Kier molecular flexibility index (Phi) is 4.57. The zero-order valence-electron chi connectivity index (χ0n) is 11.0. The van der Waals surface area contributed by atoms with Crippen molar-refractivity contribution in [2.45, 2.75) is 19.4 Å². The number of benzene rings is 1. The van der Waals surface area contributed by atoms with Crippen LogP contribution in [0.15, 0.2) is 18.2 Å². The number of rotatable bonds is 3. The number of nitro benzene ring substituents is 1. The highest BCUT2D eigenvalue weighted by atomic mass is 35.5. The smallest absolute Gasteiger partial charge is 0.300 e. The molecule has 1 saturated heterocycles. The second kappa shape index (κ2) is 6.19. The predicted molar refractivity (Wildman–Crippen MR) is 74.0 cm³/mol. The number of morpholine rings is 1. The summed E-state index contributed by atoms with van der Waals surface area (Å²) in [7, 11) is 0. The minimum absolute atomic E-state index is 0.0258. The second-order valence-corrected chi connectivity index (χ2v) is 4.94. The van der Waals surface area contributed by atoms with E-state index < -0.39 is 4.92 Å². The molecule has 108 valence electrons. The Hall–Kier alpha value is -1.66. The van der Waals surface area contributed by atoms with Gasteiger partial charge in [0.05, 0.1) is 24.2 Å². The number of hydrogen-bond donors (Lipinski definition) is 0. The fourth-order valence-corrected chi connectivity index (χ4v) is 2.53. The Labute approximate surface area is 121 Å². The van der Waals surface area contributed by atoms with Gasteiger partial charge in [0.1, 0.15) is 10.6 Å². The highest BCUT2D eigenvalue weighted by Gasteiger charge is 2.32. The molecule has 0 aliphatic carbocycles. The Balaban J connectivity index is 2.38. The number of para-hydroxylation sites is 1. The highest BCUT2D eigenvalue weighted by molar-refractivity contribution is 6.33. The van der Waals surface area contributed by atoms with E-state index in [9.17, 15) is 14.9 Å². The lowest BCUT2D eigenvalue weighted by atomic mass is 10.1. The van der Waals surface area contributed by atoms with Gasteiger partial charge in [-0.2, -0.15) is 0 Å². The molecule has 0 radical (unpaired) electrons. The molecule has 0 bridgehead atoms.